The van der Waals surface area contributed by atoms with Gasteiger partial charge in [-0.25, -0.2) is 9.59 Å². The summed E-state index contributed by atoms with van der Waals surface area (Å²) in [6, 6.07) is 12.2. The van der Waals surface area contributed by atoms with Gasteiger partial charge in [0.1, 0.15) is 29.3 Å². The van der Waals surface area contributed by atoms with Crippen molar-refractivity contribution in [3.05, 3.63) is 64.9 Å². The average molecular weight is 354 g/mol. The number of aryl methyl sites for hydroxylation is 1. The van der Waals surface area contributed by atoms with Crippen molar-refractivity contribution in [2.45, 2.75) is 13.5 Å². The first-order valence-corrected chi connectivity index (χ1v) is 7.95. The third-order valence-electron chi connectivity index (χ3n) is 4.01. The molecule has 0 N–H and O–H groups in total. The summed E-state index contributed by atoms with van der Waals surface area (Å²) in [5, 5.41) is 0.646. The lowest BCUT2D eigenvalue weighted by Gasteiger charge is -2.07. The molecule has 26 heavy (non-hydrogen) atoms. The van der Waals surface area contributed by atoms with Crippen LogP contribution in [0.5, 0.6) is 5.75 Å². The summed E-state index contributed by atoms with van der Waals surface area (Å²) in [5.74, 6) is 0.272. The molecular weight excluding hydrogens is 336 g/mol. The summed E-state index contributed by atoms with van der Waals surface area (Å²) in [7, 11) is 2.68. The van der Waals surface area contributed by atoms with E-state index in [-0.39, 0.29) is 5.97 Å². The van der Waals surface area contributed by atoms with E-state index in [1.54, 1.807) is 49.4 Å². The molecule has 1 heterocycles. The number of furan rings is 1. The summed E-state index contributed by atoms with van der Waals surface area (Å²) in [5.41, 5.74) is 2.37. The molecule has 0 spiro atoms. The zero-order valence-corrected chi connectivity index (χ0v) is 14.7. The Balaban J connectivity index is 1.79. The topological polar surface area (TPSA) is 75.0 Å². The standard InChI is InChI=1S/C20H18O6/c1-12-18(20(22)24-3)16-10-15(8-9-17(16)26-12)25-11-13-4-6-14(7-5-13)19(21)23-2/h4-10H,11H2,1-3H3. The van der Waals surface area contributed by atoms with E-state index in [2.05, 4.69) is 4.74 Å². The van der Waals surface area contributed by atoms with Gasteiger partial charge >= 0.3 is 11.9 Å². The molecule has 3 rings (SSSR count). The van der Waals surface area contributed by atoms with E-state index in [9.17, 15) is 9.59 Å². The molecule has 2 aromatic carbocycles. The van der Waals surface area contributed by atoms with Gasteiger partial charge in [0.25, 0.3) is 0 Å². The predicted molar refractivity (Wildman–Crippen MR) is 94.4 cm³/mol. The molecule has 0 fully saturated rings. The quantitative estimate of drug-likeness (QED) is 0.647. The van der Waals surface area contributed by atoms with Crippen LogP contribution in [0.15, 0.2) is 46.9 Å². The minimum Gasteiger partial charge on any atom is -0.489 e. The molecule has 0 radical (unpaired) electrons. The normalized spacial score (nSPS) is 10.6. The highest BCUT2D eigenvalue weighted by molar-refractivity contribution is 6.04. The number of hydrogen-bond acceptors (Lipinski definition) is 6. The van der Waals surface area contributed by atoms with Crippen molar-refractivity contribution in [1.29, 1.82) is 0 Å². The zero-order valence-electron chi connectivity index (χ0n) is 14.7. The maximum absolute atomic E-state index is 12.0. The molecule has 0 amide bonds. The third kappa shape index (κ3) is 3.39. The zero-order chi connectivity index (χ0) is 18.7. The highest BCUT2D eigenvalue weighted by atomic mass is 16.5. The Labute approximate surface area is 150 Å². The van der Waals surface area contributed by atoms with E-state index >= 15 is 0 Å². The van der Waals surface area contributed by atoms with Gasteiger partial charge in [-0.05, 0) is 42.8 Å². The Morgan fingerprint density at radius 2 is 1.65 bits per heavy atom. The fourth-order valence-corrected chi connectivity index (χ4v) is 2.67. The second-order valence-electron chi connectivity index (χ2n) is 5.66. The van der Waals surface area contributed by atoms with Crippen LogP contribution in [0.2, 0.25) is 0 Å². The number of benzene rings is 2. The van der Waals surface area contributed by atoms with Gasteiger partial charge in [-0.2, -0.15) is 0 Å². The van der Waals surface area contributed by atoms with Crippen LogP contribution in [0.3, 0.4) is 0 Å². The van der Waals surface area contributed by atoms with Gasteiger partial charge in [-0.3, -0.25) is 0 Å². The van der Waals surface area contributed by atoms with Gasteiger partial charge in [0.2, 0.25) is 0 Å². The van der Waals surface area contributed by atoms with Crippen molar-refractivity contribution >= 4 is 22.9 Å². The summed E-state index contributed by atoms with van der Waals surface area (Å²) >= 11 is 0. The number of fused-ring (bicyclic) bond motifs is 1. The Morgan fingerprint density at radius 3 is 2.31 bits per heavy atom. The fraction of sp³-hybridized carbons (Fsp3) is 0.200. The van der Waals surface area contributed by atoms with Crippen LogP contribution in [0.1, 0.15) is 32.0 Å². The Bertz CT molecular complexity index is 952. The van der Waals surface area contributed by atoms with E-state index in [0.29, 0.717) is 40.2 Å². The number of hydrogen-bond donors (Lipinski definition) is 0. The molecule has 0 aliphatic rings. The monoisotopic (exact) mass is 354 g/mol. The van der Waals surface area contributed by atoms with Crippen LogP contribution in [0.4, 0.5) is 0 Å². The van der Waals surface area contributed by atoms with Crippen molar-refractivity contribution in [1.82, 2.24) is 0 Å². The van der Waals surface area contributed by atoms with Crippen molar-refractivity contribution in [3.8, 4) is 5.75 Å². The second-order valence-corrected chi connectivity index (χ2v) is 5.66. The van der Waals surface area contributed by atoms with Gasteiger partial charge in [-0.1, -0.05) is 12.1 Å². The number of rotatable bonds is 5. The molecule has 0 saturated carbocycles. The summed E-state index contributed by atoms with van der Waals surface area (Å²) < 4.78 is 20.9. The first-order chi connectivity index (χ1) is 12.5. The van der Waals surface area contributed by atoms with Gasteiger partial charge < -0.3 is 18.6 Å². The van der Waals surface area contributed by atoms with Crippen molar-refractivity contribution in [2.24, 2.45) is 0 Å². The first-order valence-electron chi connectivity index (χ1n) is 7.95. The second kappa shape index (κ2) is 7.31. The van der Waals surface area contributed by atoms with Crippen molar-refractivity contribution < 1.29 is 28.2 Å². The highest BCUT2D eigenvalue weighted by Gasteiger charge is 2.19. The molecule has 1 aromatic heterocycles. The molecular formula is C20H18O6. The first kappa shape index (κ1) is 17.5. The largest absolute Gasteiger partial charge is 0.489 e. The maximum atomic E-state index is 12.0. The van der Waals surface area contributed by atoms with E-state index in [4.69, 9.17) is 13.9 Å². The van der Waals surface area contributed by atoms with Crippen molar-refractivity contribution in [3.63, 3.8) is 0 Å². The Kier molecular flexibility index (Phi) is 4.93. The van der Waals surface area contributed by atoms with Crippen molar-refractivity contribution in [2.75, 3.05) is 14.2 Å². The van der Waals surface area contributed by atoms with Gasteiger partial charge in [0.05, 0.1) is 19.8 Å². The Hall–Kier alpha value is -3.28. The number of carbonyl (C=O) groups is 2. The molecule has 3 aromatic rings. The Morgan fingerprint density at radius 1 is 0.962 bits per heavy atom. The van der Waals surface area contributed by atoms with Crippen LogP contribution in [0.25, 0.3) is 11.0 Å². The van der Waals surface area contributed by atoms with E-state index in [1.165, 1.54) is 14.2 Å². The van der Waals surface area contributed by atoms with Crippen LogP contribution >= 0.6 is 0 Å². The lowest BCUT2D eigenvalue weighted by molar-refractivity contribution is 0.0591. The number of carbonyl (C=O) groups excluding carboxylic acids is 2. The molecule has 0 unspecified atom stereocenters. The molecule has 0 aliphatic carbocycles. The number of ether oxygens (including phenoxy) is 3. The average Bonchev–Trinajstić information content (AvgIpc) is 3.00. The van der Waals surface area contributed by atoms with Gasteiger partial charge in [0.15, 0.2) is 0 Å². The molecule has 0 atom stereocenters. The molecule has 134 valence electrons. The molecule has 0 aliphatic heterocycles. The lowest BCUT2D eigenvalue weighted by atomic mass is 10.1. The van der Waals surface area contributed by atoms with Crippen LogP contribution in [-0.4, -0.2) is 26.2 Å². The number of methoxy groups -OCH3 is 2. The molecule has 0 bridgehead atoms. The molecule has 6 nitrogen and oxygen atoms in total. The van der Waals surface area contributed by atoms with Crippen LogP contribution < -0.4 is 4.74 Å². The summed E-state index contributed by atoms with van der Waals surface area (Å²) in [6.45, 7) is 2.03. The smallest absolute Gasteiger partial charge is 0.342 e. The maximum Gasteiger partial charge on any atom is 0.342 e. The van der Waals surface area contributed by atoms with Crippen LogP contribution in [0, 0.1) is 6.92 Å². The summed E-state index contributed by atoms with van der Waals surface area (Å²) in [4.78, 5) is 23.4. The van der Waals surface area contributed by atoms with E-state index < -0.39 is 5.97 Å². The van der Waals surface area contributed by atoms with E-state index in [1.807, 2.05) is 0 Å². The van der Waals surface area contributed by atoms with Crippen LogP contribution in [-0.2, 0) is 16.1 Å². The summed E-state index contributed by atoms with van der Waals surface area (Å²) in [6.07, 6.45) is 0. The lowest BCUT2D eigenvalue weighted by Crippen LogP contribution is -2.02. The SMILES string of the molecule is COC(=O)c1ccc(COc2ccc3oc(C)c(C(=O)OC)c3c2)cc1. The highest BCUT2D eigenvalue weighted by Crippen LogP contribution is 2.30. The van der Waals surface area contributed by atoms with E-state index in [0.717, 1.165) is 5.56 Å². The van der Waals surface area contributed by atoms with Gasteiger partial charge in [-0.15, -0.1) is 0 Å². The predicted octanol–water partition coefficient (Wildman–Crippen LogP) is 3.89. The number of esters is 2. The van der Waals surface area contributed by atoms with Gasteiger partial charge in [0, 0.05) is 5.39 Å². The minimum atomic E-state index is -0.447. The molecule has 0 saturated heterocycles. The third-order valence-corrected chi connectivity index (χ3v) is 4.01. The fourth-order valence-electron chi connectivity index (χ4n) is 2.67. The molecule has 6 heteroatoms. The minimum absolute atomic E-state index is 0.317.